The highest BCUT2D eigenvalue weighted by atomic mass is 16.6. The number of hydrogen-bond donors (Lipinski definition) is 0. The molecule has 0 rings (SSSR count). The molecule has 0 N–H and O–H groups in total. The summed E-state index contributed by atoms with van der Waals surface area (Å²) in [5.74, 6) is -0.447. The first-order chi connectivity index (χ1) is 28.6. The van der Waals surface area contributed by atoms with E-state index in [0.29, 0.717) is 19.4 Å². The average molecular weight is 807 g/mol. The zero-order chi connectivity index (χ0) is 42.1. The van der Waals surface area contributed by atoms with E-state index in [1.807, 2.05) is 0 Å². The summed E-state index contributed by atoms with van der Waals surface area (Å²) in [4.78, 5) is 25.3. The fourth-order valence-electron chi connectivity index (χ4n) is 6.27. The van der Waals surface area contributed by atoms with Crippen molar-refractivity contribution in [2.24, 2.45) is 0 Å². The molecule has 0 aliphatic heterocycles. The summed E-state index contributed by atoms with van der Waals surface area (Å²) >= 11 is 0. The molecule has 0 fully saturated rings. The Morgan fingerprint density at radius 3 is 1.31 bits per heavy atom. The normalized spacial score (nSPS) is 12.9. The van der Waals surface area contributed by atoms with Crippen LogP contribution in [0, 0.1) is 0 Å². The van der Waals surface area contributed by atoms with Crippen LogP contribution >= 0.6 is 0 Å². The largest absolute Gasteiger partial charge is 0.462 e. The first-order valence-electron chi connectivity index (χ1n) is 24.1. The summed E-state index contributed by atoms with van der Waals surface area (Å²) in [6.45, 7) is 7.54. The number of esters is 2. The number of rotatable bonds is 43. The van der Waals surface area contributed by atoms with Crippen LogP contribution < -0.4 is 0 Å². The lowest BCUT2D eigenvalue weighted by Gasteiger charge is -2.18. The Morgan fingerprint density at radius 1 is 0.397 bits per heavy atom. The molecule has 5 nitrogen and oxygen atoms in total. The van der Waals surface area contributed by atoms with Crippen molar-refractivity contribution in [3.8, 4) is 0 Å². The summed E-state index contributed by atoms with van der Waals surface area (Å²) in [7, 11) is 0. The lowest BCUT2D eigenvalue weighted by Crippen LogP contribution is -2.30. The van der Waals surface area contributed by atoms with Gasteiger partial charge in [0, 0.05) is 19.4 Å². The summed E-state index contributed by atoms with van der Waals surface area (Å²) in [5, 5.41) is 0. The third kappa shape index (κ3) is 45.8. The Labute approximate surface area is 359 Å². The Balaban J connectivity index is 4.36. The second kappa shape index (κ2) is 48.4. The second-order valence-corrected chi connectivity index (χ2v) is 15.6. The van der Waals surface area contributed by atoms with Crippen molar-refractivity contribution >= 4 is 11.9 Å². The van der Waals surface area contributed by atoms with Gasteiger partial charge in [-0.2, -0.15) is 0 Å². The number of carbonyl (C=O) groups is 2. The average Bonchev–Trinajstić information content (AvgIpc) is 3.22. The topological polar surface area (TPSA) is 61.8 Å². The van der Waals surface area contributed by atoms with E-state index in [9.17, 15) is 9.59 Å². The minimum Gasteiger partial charge on any atom is -0.462 e. The third-order valence-electron chi connectivity index (χ3n) is 9.88. The molecule has 0 aromatic rings. The van der Waals surface area contributed by atoms with Crippen LogP contribution in [0.5, 0.6) is 0 Å². The van der Waals surface area contributed by atoms with Gasteiger partial charge in [-0.25, -0.2) is 0 Å². The van der Waals surface area contributed by atoms with Gasteiger partial charge >= 0.3 is 11.9 Å². The number of carbonyl (C=O) groups excluding carboxylic acids is 2. The number of unbranched alkanes of at least 4 members (excludes halogenated alkanes) is 18. The molecule has 0 aromatic heterocycles. The maximum absolute atomic E-state index is 12.7. The number of hydrogen-bond acceptors (Lipinski definition) is 5. The van der Waals surface area contributed by atoms with Gasteiger partial charge in [0.2, 0.25) is 0 Å². The van der Waals surface area contributed by atoms with Crippen molar-refractivity contribution in [2.75, 3.05) is 19.8 Å². The van der Waals surface area contributed by atoms with E-state index in [2.05, 4.69) is 106 Å². The lowest BCUT2D eigenvalue weighted by molar-refractivity contribution is -0.163. The molecule has 1 atom stereocenters. The van der Waals surface area contributed by atoms with Crippen molar-refractivity contribution < 1.29 is 23.8 Å². The molecule has 5 heteroatoms. The minimum absolute atomic E-state index is 0.0567. The standard InChI is InChI=1S/C53H90O5/c1-4-7-10-13-16-19-22-24-25-26-27-28-30-33-36-39-42-45-48-56-49-51(58-53(55)47-44-41-38-35-31-21-18-15-12-9-6-3)50-57-52(54)46-43-40-37-34-32-29-23-20-17-14-11-8-5-2/h7,10,15-16,18-20,23-25,27-28,33,36,51H,4-6,8-9,11-14,17,21-22,26,29-32,34-35,37-50H2,1-3H3/b10-7-,18-15-,19-16-,23-20-,25-24-,28-27-,36-33-. The number of allylic oxidation sites excluding steroid dienone is 14. The maximum Gasteiger partial charge on any atom is 0.306 e. The van der Waals surface area contributed by atoms with Crippen LogP contribution in [0.15, 0.2) is 85.1 Å². The van der Waals surface area contributed by atoms with Gasteiger partial charge < -0.3 is 14.2 Å². The highest BCUT2D eigenvalue weighted by Crippen LogP contribution is 2.12. The van der Waals surface area contributed by atoms with Crippen LogP contribution in [-0.4, -0.2) is 37.9 Å². The molecule has 0 aliphatic rings. The molecule has 0 saturated carbocycles. The second-order valence-electron chi connectivity index (χ2n) is 15.6. The maximum atomic E-state index is 12.7. The van der Waals surface area contributed by atoms with E-state index in [-0.39, 0.29) is 25.2 Å². The van der Waals surface area contributed by atoms with Crippen LogP contribution in [0.4, 0.5) is 0 Å². The molecule has 0 heterocycles. The Bertz CT molecular complexity index is 1090. The molecule has 58 heavy (non-hydrogen) atoms. The summed E-state index contributed by atoms with van der Waals surface area (Å²) in [6.07, 6.45) is 63.0. The fraction of sp³-hybridized carbons (Fsp3) is 0.698. The van der Waals surface area contributed by atoms with Crippen LogP contribution in [0.25, 0.3) is 0 Å². The third-order valence-corrected chi connectivity index (χ3v) is 9.88. The monoisotopic (exact) mass is 807 g/mol. The fourth-order valence-corrected chi connectivity index (χ4v) is 6.27. The van der Waals surface area contributed by atoms with Gasteiger partial charge in [-0.1, -0.05) is 176 Å². The van der Waals surface area contributed by atoms with Crippen molar-refractivity contribution in [1.29, 1.82) is 0 Å². The van der Waals surface area contributed by atoms with Gasteiger partial charge in [-0.15, -0.1) is 0 Å². The van der Waals surface area contributed by atoms with E-state index in [4.69, 9.17) is 14.2 Å². The SMILES string of the molecule is CC/C=C\C/C=C\C/C=C\C/C=C\C/C=C\CCCCOCC(COC(=O)CCCCCCC/C=C\CCCCCC)OC(=O)CCCCCCC/C=C\CCCC. The van der Waals surface area contributed by atoms with Crippen LogP contribution in [0.3, 0.4) is 0 Å². The Kier molecular flexibility index (Phi) is 46.0. The summed E-state index contributed by atoms with van der Waals surface area (Å²) < 4.78 is 17.3. The smallest absolute Gasteiger partial charge is 0.306 e. The van der Waals surface area contributed by atoms with Crippen LogP contribution in [-0.2, 0) is 23.8 Å². The molecule has 0 saturated heterocycles. The first kappa shape index (κ1) is 55.1. The Hall–Kier alpha value is -2.92. The van der Waals surface area contributed by atoms with Crippen LogP contribution in [0.1, 0.15) is 213 Å². The predicted molar refractivity (Wildman–Crippen MR) is 251 cm³/mol. The molecule has 0 aliphatic carbocycles. The van der Waals surface area contributed by atoms with E-state index >= 15 is 0 Å². The van der Waals surface area contributed by atoms with Gasteiger partial charge in [-0.3, -0.25) is 9.59 Å². The molecule has 0 spiro atoms. The van der Waals surface area contributed by atoms with Gasteiger partial charge in [0.25, 0.3) is 0 Å². The quantitative estimate of drug-likeness (QED) is 0.0349. The number of ether oxygens (including phenoxy) is 3. The molecule has 0 aromatic carbocycles. The van der Waals surface area contributed by atoms with Crippen molar-refractivity contribution in [3.05, 3.63) is 85.1 Å². The van der Waals surface area contributed by atoms with Gasteiger partial charge in [0.15, 0.2) is 6.10 Å². The molecular formula is C53H90O5. The highest BCUT2D eigenvalue weighted by molar-refractivity contribution is 5.70. The van der Waals surface area contributed by atoms with Crippen molar-refractivity contribution in [1.82, 2.24) is 0 Å². The lowest BCUT2D eigenvalue weighted by atomic mass is 10.1. The van der Waals surface area contributed by atoms with E-state index in [1.165, 1.54) is 77.0 Å². The van der Waals surface area contributed by atoms with E-state index in [1.54, 1.807) is 0 Å². The summed E-state index contributed by atoms with van der Waals surface area (Å²) in [5.41, 5.74) is 0. The first-order valence-corrected chi connectivity index (χ1v) is 24.1. The van der Waals surface area contributed by atoms with Gasteiger partial charge in [-0.05, 0) is 109 Å². The Morgan fingerprint density at radius 2 is 0.793 bits per heavy atom. The van der Waals surface area contributed by atoms with Crippen LogP contribution in [0.2, 0.25) is 0 Å². The van der Waals surface area contributed by atoms with Crippen molar-refractivity contribution in [3.63, 3.8) is 0 Å². The molecule has 0 amide bonds. The summed E-state index contributed by atoms with van der Waals surface area (Å²) in [6, 6.07) is 0. The molecule has 0 radical (unpaired) electrons. The molecule has 0 bridgehead atoms. The predicted octanol–water partition coefficient (Wildman–Crippen LogP) is 16.1. The zero-order valence-corrected chi connectivity index (χ0v) is 38.0. The van der Waals surface area contributed by atoms with Crippen molar-refractivity contribution in [2.45, 2.75) is 219 Å². The van der Waals surface area contributed by atoms with E-state index < -0.39 is 6.10 Å². The van der Waals surface area contributed by atoms with E-state index in [0.717, 1.165) is 103 Å². The zero-order valence-electron chi connectivity index (χ0n) is 38.0. The minimum atomic E-state index is -0.568. The van der Waals surface area contributed by atoms with Gasteiger partial charge in [0.1, 0.15) is 6.61 Å². The van der Waals surface area contributed by atoms with Gasteiger partial charge in [0.05, 0.1) is 6.61 Å². The molecule has 332 valence electrons. The molecule has 1 unspecified atom stereocenters. The highest BCUT2D eigenvalue weighted by Gasteiger charge is 2.17. The molecular weight excluding hydrogens is 717 g/mol.